The van der Waals surface area contributed by atoms with Crippen molar-refractivity contribution in [2.75, 3.05) is 20.8 Å². The van der Waals surface area contributed by atoms with Crippen LogP contribution in [0.25, 0.3) is 0 Å². The number of halogens is 2. The average Bonchev–Trinajstić information content (AvgIpc) is 2.28. The van der Waals surface area contributed by atoms with Crippen molar-refractivity contribution >= 4 is 0 Å². The highest BCUT2D eigenvalue weighted by Gasteiger charge is 2.17. The fraction of sp³-hybridized carbons (Fsp3) is 0.455. The second kappa shape index (κ2) is 5.65. The molecule has 0 aliphatic carbocycles. The number of hydrogen-bond donors (Lipinski definition) is 1. The summed E-state index contributed by atoms with van der Waals surface area (Å²) in [6, 6.07) is 2.71. The van der Waals surface area contributed by atoms with Gasteiger partial charge in [-0.05, 0) is 24.1 Å². The van der Waals surface area contributed by atoms with E-state index in [2.05, 4.69) is 0 Å². The third kappa shape index (κ3) is 2.61. The molecule has 0 aliphatic rings. The molecule has 5 heteroatoms. The second-order valence-electron chi connectivity index (χ2n) is 3.18. The van der Waals surface area contributed by atoms with Gasteiger partial charge in [-0.25, -0.2) is 8.78 Å². The average molecular weight is 232 g/mol. The zero-order chi connectivity index (χ0) is 12.1. The fourth-order valence-corrected chi connectivity index (χ4v) is 1.48. The minimum absolute atomic E-state index is 0.133. The Morgan fingerprint density at radius 1 is 1.19 bits per heavy atom. The summed E-state index contributed by atoms with van der Waals surface area (Å²) in [7, 11) is 2.82. The predicted octanol–water partition coefficient (Wildman–Crippen LogP) is 2.18. The SMILES string of the molecule is COc1cc(CCO)c(C(F)F)cc1OC. The van der Waals surface area contributed by atoms with Gasteiger partial charge in [0.2, 0.25) is 0 Å². The first-order chi connectivity index (χ1) is 7.63. The zero-order valence-electron chi connectivity index (χ0n) is 9.17. The summed E-state index contributed by atoms with van der Waals surface area (Å²) in [5.41, 5.74) is 0.238. The highest BCUT2D eigenvalue weighted by Crippen LogP contribution is 2.35. The van der Waals surface area contributed by atoms with E-state index in [0.717, 1.165) is 0 Å². The van der Waals surface area contributed by atoms with Gasteiger partial charge in [-0.2, -0.15) is 0 Å². The number of methoxy groups -OCH3 is 2. The van der Waals surface area contributed by atoms with Crippen molar-refractivity contribution in [2.45, 2.75) is 12.8 Å². The number of aliphatic hydroxyl groups excluding tert-OH is 1. The number of rotatable bonds is 5. The minimum atomic E-state index is -2.60. The summed E-state index contributed by atoms with van der Waals surface area (Å²) in [4.78, 5) is 0. The van der Waals surface area contributed by atoms with Crippen molar-refractivity contribution in [3.63, 3.8) is 0 Å². The molecule has 3 nitrogen and oxygen atoms in total. The summed E-state index contributed by atoms with van der Waals surface area (Å²) in [5.74, 6) is 0.648. The first-order valence-corrected chi connectivity index (χ1v) is 4.77. The lowest BCUT2D eigenvalue weighted by atomic mass is 10.0. The Bertz CT molecular complexity index is 353. The summed E-state index contributed by atoms with van der Waals surface area (Å²) in [6.45, 7) is -0.185. The molecular weight excluding hydrogens is 218 g/mol. The molecule has 0 unspecified atom stereocenters. The molecule has 0 fully saturated rings. The normalized spacial score (nSPS) is 10.6. The van der Waals surface area contributed by atoms with Crippen LogP contribution in [0, 0.1) is 0 Å². The maximum absolute atomic E-state index is 12.7. The van der Waals surface area contributed by atoms with Crippen molar-refractivity contribution in [3.8, 4) is 11.5 Å². The van der Waals surface area contributed by atoms with E-state index in [1.165, 1.54) is 26.4 Å². The first kappa shape index (κ1) is 12.7. The topological polar surface area (TPSA) is 38.7 Å². The van der Waals surface area contributed by atoms with E-state index in [9.17, 15) is 8.78 Å². The molecule has 0 radical (unpaired) electrons. The van der Waals surface area contributed by atoms with E-state index in [1.54, 1.807) is 0 Å². The summed E-state index contributed by atoms with van der Waals surface area (Å²) >= 11 is 0. The molecule has 0 spiro atoms. The standard InChI is InChI=1S/C11H14F2O3/c1-15-9-5-7(3-4-14)8(11(12)13)6-10(9)16-2/h5-6,11,14H,3-4H2,1-2H3. The third-order valence-electron chi connectivity index (χ3n) is 2.26. The second-order valence-corrected chi connectivity index (χ2v) is 3.18. The van der Waals surface area contributed by atoms with E-state index >= 15 is 0 Å². The Morgan fingerprint density at radius 2 is 1.75 bits per heavy atom. The molecule has 16 heavy (non-hydrogen) atoms. The van der Waals surface area contributed by atoms with Gasteiger partial charge in [0, 0.05) is 12.2 Å². The first-order valence-electron chi connectivity index (χ1n) is 4.77. The van der Waals surface area contributed by atoms with Gasteiger partial charge < -0.3 is 14.6 Å². The summed E-state index contributed by atoms with van der Waals surface area (Å²) in [6.07, 6.45) is -2.43. The monoisotopic (exact) mass is 232 g/mol. The van der Waals surface area contributed by atoms with Crippen LogP contribution >= 0.6 is 0 Å². The predicted molar refractivity (Wildman–Crippen MR) is 55.3 cm³/mol. The number of benzene rings is 1. The van der Waals surface area contributed by atoms with Gasteiger partial charge in [0.1, 0.15) is 0 Å². The van der Waals surface area contributed by atoms with Crippen LogP contribution in [0.5, 0.6) is 11.5 Å². The number of hydrogen-bond acceptors (Lipinski definition) is 3. The Kier molecular flexibility index (Phi) is 4.49. The lowest BCUT2D eigenvalue weighted by Crippen LogP contribution is -2.01. The van der Waals surface area contributed by atoms with Crippen molar-refractivity contribution in [1.82, 2.24) is 0 Å². The highest BCUT2D eigenvalue weighted by molar-refractivity contribution is 5.48. The minimum Gasteiger partial charge on any atom is -0.493 e. The molecule has 0 amide bonds. The molecule has 1 aromatic carbocycles. The van der Waals surface area contributed by atoms with Gasteiger partial charge in [-0.3, -0.25) is 0 Å². The van der Waals surface area contributed by atoms with E-state index in [0.29, 0.717) is 11.3 Å². The van der Waals surface area contributed by atoms with Crippen LogP contribution < -0.4 is 9.47 Å². The molecule has 0 atom stereocenters. The van der Waals surface area contributed by atoms with Gasteiger partial charge in [-0.1, -0.05) is 0 Å². The van der Waals surface area contributed by atoms with Gasteiger partial charge in [0.25, 0.3) is 6.43 Å². The molecule has 1 N–H and O–H groups in total. The Morgan fingerprint density at radius 3 is 2.19 bits per heavy atom. The summed E-state index contributed by atoms with van der Waals surface area (Å²) < 4.78 is 35.4. The quantitative estimate of drug-likeness (QED) is 0.845. The molecule has 0 saturated carbocycles. The molecule has 90 valence electrons. The molecule has 1 aromatic rings. The maximum Gasteiger partial charge on any atom is 0.264 e. The highest BCUT2D eigenvalue weighted by atomic mass is 19.3. The summed E-state index contributed by atoms with van der Waals surface area (Å²) in [5, 5.41) is 8.80. The molecular formula is C11H14F2O3. The molecule has 0 bridgehead atoms. The molecule has 0 aliphatic heterocycles. The molecule has 0 saturated heterocycles. The van der Waals surface area contributed by atoms with E-state index in [4.69, 9.17) is 14.6 Å². The van der Waals surface area contributed by atoms with Crippen LogP contribution in [-0.2, 0) is 6.42 Å². The van der Waals surface area contributed by atoms with Crippen LogP contribution in [0.3, 0.4) is 0 Å². The van der Waals surface area contributed by atoms with Gasteiger partial charge in [0.05, 0.1) is 14.2 Å². The van der Waals surface area contributed by atoms with Crippen LogP contribution in [0.4, 0.5) is 8.78 Å². The van der Waals surface area contributed by atoms with E-state index < -0.39 is 6.43 Å². The molecule has 0 aromatic heterocycles. The molecule has 1 rings (SSSR count). The third-order valence-corrected chi connectivity index (χ3v) is 2.26. The van der Waals surface area contributed by atoms with Crippen LogP contribution in [0.1, 0.15) is 17.6 Å². The largest absolute Gasteiger partial charge is 0.493 e. The lowest BCUT2D eigenvalue weighted by molar-refractivity contribution is 0.149. The van der Waals surface area contributed by atoms with E-state index in [1.807, 2.05) is 0 Å². The van der Waals surface area contributed by atoms with Gasteiger partial charge >= 0.3 is 0 Å². The van der Waals surface area contributed by atoms with Crippen LogP contribution in [0.15, 0.2) is 12.1 Å². The van der Waals surface area contributed by atoms with Crippen LogP contribution in [0.2, 0.25) is 0 Å². The zero-order valence-corrected chi connectivity index (χ0v) is 9.17. The fourth-order valence-electron chi connectivity index (χ4n) is 1.48. The number of alkyl halides is 2. The van der Waals surface area contributed by atoms with Crippen molar-refractivity contribution in [3.05, 3.63) is 23.3 Å². The Labute approximate surface area is 92.6 Å². The van der Waals surface area contributed by atoms with Crippen LogP contribution in [-0.4, -0.2) is 25.9 Å². The smallest absolute Gasteiger partial charge is 0.264 e. The van der Waals surface area contributed by atoms with Gasteiger partial charge in [-0.15, -0.1) is 0 Å². The van der Waals surface area contributed by atoms with Crippen molar-refractivity contribution in [2.24, 2.45) is 0 Å². The van der Waals surface area contributed by atoms with Crippen molar-refractivity contribution in [1.29, 1.82) is 0 Å². The Balaban J connectivity index is 3.23. The maximum atomic E-state index is 12.7. The number of aliphatic hydroxyl groups is 1. The van der Waals surface area contributed by atoms with E-state index in [-0.39, 0.29) is 24.3 Å². The van der Waals surface area contributed by atoms with Crippen molar-refractivity contribution < 1.29 is 23.4 Å². The lowest BCUT2D eigenvalue weighted by Gasteiger charge is -2.13. The van der Waals surface area contributed by atoms with Gasteiger partial charge in [0.15, 0.2) is 11.5 Å². The number of ether oxygens (including phenoxy) is 2. The molecule has 0 heterocycles. The Hall–Kier alpha value is -1.36.